The molecular formula is C32H31BrFN3O4S. The highest BCUT2D eigenvalue weighted by molar-refractivity contribution is 9.10. The Hall–Kier alpha value is -4.02. The van der Waals surface area contributed by atoms with Crippen molar-refractivity contribution in [1.82, 2.24) is 10.2 Å². The Morgan fingerprint density at radius 3 is 2.12 bits per heavy atom. The Labute approximate surface area is 254 Å². The second-order valence-electron chi connectivity index (χ2n) is 9.55. The molecule has 1 atom stereocenters. The van der Waals surface area contributed by atoms with Gasteiger partial charge in [-0.3, -0.25) is 13.9 Å². The summed E-state index contributed by atoms with van der Waals surface area (Å²) in [6.07, 6.45) is 0.196. The number of nitrogens with one attached hydrogen (secondary N) is 1. The standard InChI is InChI=1S/C32H31BrFN3O4S/c1-2-35-32(39)30(20-24-10-5-3-6-11-24)36(22-25-16-18-27(34)19-17-25)31(38)23-37(28-13-9-12-26(33)21-28)42(40,41)29-14-7-4-8-15-29/h3-19,21,30H,2,20,22-23H2,1H3,(H,35,39)/t30-/m1/s1. The third-order valence-corrected chi connectivity index (χ3v) is 8.88. The molecule has 0 heterocycles. The van der Waals surface area contributed by atoms with Crippen molar-refractivity contribution in [3.05, 3.63) is 131 Å². The molecule has 0 aliphatic heterocycles. The fourth-order valence-corrected chi connectivity index (χ4v) is 6.33. The zero-order valence-corrected chi connectivity index (χ0v) is 25.4. The average molecular weight is 653 g/mol. The van der Waals surface area contributed by atoms with Gasteiger partial charge in [-0.2, -0.15) is 0 Å². The fraction of sp³-hybridized carbons (Fsp3) is 0.188. The summed E-state index contributed by atoms with van der Waals surface area (Å²) in [6, 6.07) is 28.5. The van der Waals surface area contributed by atoms with E-state index in [-0.39, 0.29) is 29.5 Å². The first-order valence-corrected chi connectivity index (χ1v) is 15.6. The summed E-state index contributed by atoms with van der Waals surface area (Å²) in [5, 5.41) is 2.81. The zero-order chi connectivity index (χ0) is 30.1. The van der Waals surface area contributed by atoms with Gasteiger partial charge >= 0.3 is 0 Å². The van der Waals surface area contributed by atoms with Crippen LogP contribution in [0.2, 0.25) is 0 Å². The van der Waals surface area contributed by atoms with E-state index in [0.29, 0.717) is 16.6 Å². The smallest absolute Gasteiger partial charge is 0.264 e. The van der Waals surface area contributed by atoms with Gasteiger partial charge in [-0.05, 0) is 60.5 Å². The Morgan fingerprint density at radius 2 is 1.50 bits per heavy atom. The molecule has 0 radical (unpaired) electrons. The normalized spacial score (nSPS) is 11.9. The number of hydrogen-bond acceptors (Lipinski definition) is 4. The van der Waals surface area contributed by atoms with Crippen molar-refractivity contribution in [2.24, 2.45) is 0 Å². The van der Waals surface area contributed by atoms with Gasteiger partial charge in [0.1, 0.15) is 18.4 Å². The molecule has 0 aromatic heterocycles. The summed E-state index contributed by atoms with van der Waals surface area (Å²) >= 11 is 3.39. The first-order chi connectivity index (χ1) is 20.2. The van der Waals surface area contributed by atoms with Gasteiger partial charge < -0.3 is 10.2 Å². The molecule has 218 valence electrons. The number of likely N-dealkylation sites (N-methyl/N-ethyl adjacent to an activating group) is 1. The molecule has 10 heteroatoms. The number of carbonyl (C=O) groups excluding carboxylic acids is 2. The highest BCUT2D eigenvalue weighted by Gasteiger charge is 2.34. The van der Waals surface area contributed by atoms with Crippen LogP contribution in [0, 0.1) is 5.82 Å². The molecule has 7 nitrogen and oxygen atoms in total. The number of halogens is 2. The van der Waals surface area contributed by atoms with Gasteiger partial charge in [0.25, 0.3) is 10.0 Å². The van der Waals surface area contributed by atoms with E-state index < -0.39 is 34.3 Å². The van der Waals surface area contributed by atoms with Gasteiger partial charge in [-0.25, -0.2) is 12.8 Å². The third kappa shape index (κ3) is 7.83. The number of benzene rings is 4. The van der Waals surface area contributed by atoms with Crippen molar-refractivity contribution in [2.75, 3.05) is 17.4 Å². The lowest BCUT2D eigenvalue weighted by Gasteiger charge is -2.33. The number of carbonyl (C=O) groups is 2. The molecule has 42 heavy (non-hydrogen) atoms. The molecule has 0 spiro atoms. The molecule has 1 N–H and O–H groups in total. The summed E-state index contributed by atoms with van der Waals surface area (Å²) in [5.74, 6) is -1.40. The van der Waals surface area contributed by atoms with Crippen molar-refractivity contribution in [2.45, 2.75) is 30.8 Å². The van der Waals surface area contributed by atoms with E-state index in [1.807, 2.05) is 30.3 Å². The van der Waals surface area contributed by atoms with E-state index in [1.165, 1.54) is 29.2 Å². The number of nitrogens with zero attached hydrogens (tertiary/aromatic N) is 2. The highest BCUT2D eigenvalue weighted by atomic mass is 79.9. The average Bonchev–Trinajstić information content (AvgIpc) is 2.99. The second-order valence-corrected chi connectivity index (χ2v) is 12.3. The first kappa shape index (κ1) is 30.9. The number of anilines is 1. The fourth-order valence-electron chi connectivity index (χ4n) is 4.51. The topological polar surface area (TPSA) is 86.8 Å². The van der Waals surface area contributed by atoms with Gasteiger partial charge in [0.05, 0.1) is 10.6 Å². The van der Waals surface area contributed by atoms with Gasteiger partial charge in [-0.1, -0.05) is 82.7 Å². The van der Waals surface area contributed by atoms with E-state index in [9.17, 15) is 22.4 Å². The maximum Gasteiger partial charge on any atom is 0.264 e. The number of rotatable bonds is 12. The Kier molecular flexibility index (Phi) is 10.5. The minimum absolute atomic E-state index is 0.0208. The lowest BCUT2D eigenvalue weighted by Crippen LogP contribution is -2.53. The van der Waals surface area contributed by atoms with Crippen molar-refractivity contribution >= 4 is 43.5 Å². The minimum atomic E-state index is -4.18. The summed E-state index contributed by atoms with van der Waals surface area (Å²) in [7, 11) is -4.18. The van der Waals surface area contributed by atoms with Crippen LogP contribution in [0.4, 0.5) is 10.1 Å². The van der Waals surface area contributed by atoms with E-state index in [1.54, 1.807) is 61.5 Å². The molecule has 0 bridgehead atoms. The van der Waals surface area contributed by atoms with Crippen LogP contribution in [0.1, 0.15) is 18.1 Å². The summed E-state index contributed by atoms with van der Waals surface area (Å²) in [6.45, 7) is 1.52. The number of amides is 2. The Bertz CT molecular complexity index is 1600. The molecule has 0 fully saturated rings. The van der Waals surface area contributed by atoms with E-state index in [0.717, 1.165) is 9.87 Å². The van der Waals surface area contributed by atoms with E-state index >= 15 is 0 Å². The second kappa shape index (κ2) is 14.2. The zero-order valence-electron chi connectivity index (χ0n) is 23.0. The summed E-state index contributed by atoms with van der Waals surface area (Å²) in [5.41, 5.74) is 1.69. The van der Waals surface area contributed by atoms with Gasteiger partial charge in [0, 0.05) is 24.0 Å². The molecular weight excluding hydrogens is 621 g/mol. The predicted molar refractivity (Wildman–Crippen MR) is 165 cm³/mol. The van der Waals surface area contributed by atoms with E-state index in [4.69, 9.17) is 0 Å². The monoisotopic (exact) mass is 651 g/mol. The van der Waals surface area contributed by atoms with Gasteiger partial charge in [0.15, 0.2) is 0 Å². The molecule has 0 saturated heterocycles. The maximum atomic E-state index is 14.3. The van der Waals surface area contributed by atoms with Crippen LogP contribution in [0.25, 0.3) is 0 Å². The molecule has 0 aliphatic rings. The molecule has 0 saturated carbocycles. The SMILES string of the molecule is CCNC(=O)[C@@H](Cc1ccccc1)N(Cc1ccc(F)cc1)C(=O)CN(c1cccc(Br)c1)S(=O)(=O)c1ccccc1. The number of sulfonamides is 1. The van der Waals surface area contributed by atoms with E-state index in [2.05, 4.69) is 21.2 Å². The van der Waals surface area contributed by atoms with Gasteiger partial charge in [0.2, 0.25) is 11.8 Å². The van der Waals surface area contributed by atoms with Crippen molar-refractivity contribution < 1.29 is 22.4 Å². The quantitative estimate of drug-likeness (QED) is 0.217. The van der Waals surface area contributed by atoms with Crippen LogP contribution >= 0.6 is 15.9 Å². The molecule has 0 unspecified atom stereocenters. The maximum absolute atomic E-state index is 14.3. The van der Waals surface area contributed by atoms with Crippen LogP contribution in [-0.4, -0.2) is 44.3 Å². The molecule has 2 amide bonds. The highest BCUT2D eigenvalue weighted by Crippen LogP contribution is 2.27. The molecule has 4 aromatic carbocycles. The van der Waals surface area contributed by atoms with Crippen LogP contribution < -0.4 is 9.62 Å². The molecule has 0 aliphatic carbocycles. The van der Waals surface area contributed by atoms with Crippen LogP contribution in [0.15, 0.2) is 119 Å². The Morgan fingerprint density at radius 1 is 0.857 bits per heavy atom. The largest absolute Gasteiger partial charge is 0.355 e. The molecule has 4 aromatic rings. The van der Waals surface area contributed by atoms with Crippen molar-refractivity contribution in [1.29, 1.82) is 0 Å². The van der Waals surface area contributed by atoms with Crippen molar-refractivity contribution in [3.63, 3.8) is 0 Å². The molecule has 4 rings (SSSR count). The van der Waals surface area contributed by atoms with Crippen LogP contribution in [-0.2, 0) is 32.6 Å². The lowest BCUT2D eigenvalue weighted by atomic mass is 10.0. The summed E-state index contributed by atoms with van der Waals surface area (Å²) < 4.78 is 43.2. The Balaban J connectivity index is 1.78. The van der Waals surface area contributed by atoms with Crippen molar-refractivity contribution in [3.8, 4) is 0 Å². The predicted octanol–water partition coefficient (Wildman–Crippen LogP) is 5.56. The van der Waals surface area contributed by atoms with Gasteiger partial charge in [-0.15, -0.1) is 0 Å². The minimum Gasteiger partial charge on any atom is -0.355 e. The lowest BCUT2D eigenvalue weighted by molar-refractivity contribution is -0.140. The van der Waals surface area contributed by atoms with Crippen LogP contribution in [0.3, 0.4) is 0 Å². The number of hydrogen-bond donors (Lipinski definition) is 1. The van der Waals surface area contributed by atoms with Crippen LogP contribution in [0.5, 0.6) is 0 Å². The third-order valence-electron chi connectivity index (χ3n) is 6.59. The first-order valence-electron chi connectivity index (χ1n) is 13.4. The summed E-state index contributed by atoms with van der Waals surface area (Å²) in [4.78, 5) is 29.1.